The third-order valence-corrected chi connectivity index (χ3v) is 1.95. The lowest BCUT2D eigenvalue weighted by Crippen LogP contribution is -2.28. The van der Waals surface area contributed by atoms with E-state index in [1.165, 1.54) is 6.20 Å². The summed E-state index contributed by atoms with van der Waals surface area (Å²) in [5.41, 5.74) is 0.518. The second-order valence-electron chi connectivity index (χ2n) is 2.82. The molecule has 0 saturated carbocycles. The normalized spacial score (nSPS) is 9.67. The van der Waals surface area contributed by atoms with Crippen LogP contribution in [0.15, 0.2) is 31.1 Å². The Kier molecular flexibility index (Phi) is 4.80. The molecule has 80 valence electrons. The molecule has 0 saturated heterocycles. The molecular weight excluding hydrogens is 214 g/mol. The molecule has 0 atom stereocenters. The molecule has 0 radical (unpaired) electrons. The molecule has 1 amide bonds. The highest BCUT2D eigenvalue weighted by Gasteiger charge is 2.04. The van der Waals surface area contributed by atoms with Crippen molar-refractivity contribution in [1.29, 1.82) is 0 Å². The number of pyridine rings is 1. The summed E-state index contributed by atoms with van der Waals surface area (Å²) in [4.78, 5) is 15.2. The molecule has 0 spiro atoms. The van der Waals surface area contributed by atoms with E-state index in [4.69, 9.17) is 11.6 Å². The molecule has 15 heavy (non-hydrogen) atoms. The van der Waals surface area contributed by atoms with Crippen molar-refractivity contribution in [3.63, 3.8) is 0 Å². The van der Waals surface area contributed by atoms with Crippen molar-refractivity contribution in [1.82, 2.24) is 10.3 Å². The van der Waals surface area contributed by atoms with Crippen LogP contribution in [0.25, 0.3) is 0 Å². The van der Waals surface area contributed by atoms with Crippen LogP contribution in [0.4, 0.5) is 5.69 Å². The predicted octanol–water partition coefficient (Wildman–Crippen LogP) is 1.45. The molecule has 0 aliphatic carbocycles. The minimum Gasteiger partial charge on any atom is -0.322 e. The molecule has 1 aromatic heterocycles. The standard InChI is InChI=1S/C10H12ClN3O/c1-2-4-12-7-10(15)14-9-6-13-5-3-8(9)11/h2-3,5-6,12H,1,4,7H2,(H,14,15). The molecule has 1 rings (SSSR count). The SMILES string of the molecule is C=CCNCC(=O)Nc1cnccc1Cl. The number of hydrogen-bond donors (Lipinski definition) is 2. The fourth-order valence-corrected chi connectivity index (χ4v) is 1.10. The number of carbonyl (C=O) groups is 1. The number of nitrogens with one attached hydrogen (secondary N) is 2. The zero-order chi connectivity index (χ0) is 11.1. The van der Waals surface area contributed by atoms with Gasteiger partial charge in [-0.2, -0.15) is 0 Å². The molecule has 0 fully saturated rings. The number of nitrogens with zero attached hydrogens (tertiary/aromatic N) is 1. The van der Waals surface area contributed by atoms with Gasteiger partial charge in [-0.05, 0) is 6.07 Å². The van der Waals surface area contributed by atoms with Gasteiger partial charge in [0.25, 0.3) is 0 Å². The van der Waals surface area contributed by atoms with E-state index < -0.39 is 0 Å². The van der Waals surface area contributed by atoms with Crippen LogP contribution in [0.1, 0.15) is 0 Å². The lowest BCUT2D eigenvalue weighted by Gasteiger charge is -2.06. The maximum absolute atomic E-state index is 11.3. The summed E-state index contributed by atoms with van der Waals surface area (Å²) >= 11 is 5.84. The number of halogens is 1. The number of anilines is 1. The first-order chi connectivity index (χ1) is 7.24. The summed E-state index contributed by atoms with van der Waals surface area (Å²) in [7, 11) is 0. The van der Waals surface area contributed by atoms with Crippen LogP contribution in [-0.4, -0.2) is 24.0 Å². The lowest BCUT2D eigenvalue weighted by molar-refractivity contribution is -0.115. The topological polar surface area (TPSA) is 54.0 Å². The van der Waals surface area contributed by atoms with Gasteiger partial charge in [0, 0.05) is 12.7 Å². The smallest absolute Gasteiger partial charge is 0.238 e. The van der Waals surface area contributed by atoms with Gasteiger partial charge in [-0.1, -0.05) is 17.7 Å². The first-order valence-corrected chi connectivity index (χ1v) is 4.83. The molecule has 0 bridgehead atoms. The Morgan fingerprint density at radius 2 is 2.47 bits per heavy atom. The Balaban J connectivity index is 2.44. The average molecular weight is 226 g/mol. The molecule has 5 heteroatoms. The van der Waals surface area contributed by atoms with Crippen molar-refractivity contribution < 1.29 is 4.79 Å². The summed E-state index contributed by atoms with van der Waals surface area (Å²) in [5, 5.41) is 5.99. The highest BCUT2D eigenvalue weighted by atomic mass is 35.5. The molecular formula is C10H12ClN3O. The summed E-state index contributed by atoms with van der Waals surface area (Å²) < 4.78 is 0. The van der Waals surface area contributed by atoms with Crippen molar-refractivity contribution in [2.45, 2.75) is 0 Å². The number of carbonyl (C=O) groups excluding carboxylic acids is 1. The third-order valence-electron chi connectivity index (χ3n) is 1.62. The first-order valence-electron chi connectivity index (χ1n) is 4.45. The molecule has 0 aliphatic heterocycles. The van der Waals surface area contributed by atoms with Crippen molar-refractivity contribution in [2.24, 2.45) is 0 Å². The monoisotopic (exact) mass is 225 g/mol. The van der Waals surface area contributed by atoms with Crippen LogP contribution in [0.3, 0.4) is 0 Å². The Morgan fingerprint density at radius 1 is 1.67 bits per heavy atom. The zero-order valence-corrected chi connectivity index (χ0v) is 8.92. The molecule has 2 N–H and O–H groups in total. The number of hydrogen-bond acceptors (Lipinski definition) is 3. The van der Waals surface area contributed by atoms with Crippen LogP contribution >= 0.6 is 11.6 Å². The van der Waals surface area contributed by atoms with E-state index in [0.29, 0.717) is 17.3 Å². The zero-order valence-electron chi connectivity index (χ0n) is 8.16. The molecule has 0 aromatic carbocycles. The first kappa shape index (κ1) is 11.7. The van der Waals surface area contributed by atoms with Crippen LogP contribution in [0.5, 0.6) is 0 Å². The van der Waals surface area contributed by atoms with Gasteiger partial charge in [-0.3, -0.25) is 9.78 Å². The van der Waals surface area contributed by atoms with Gasteiger partial charge in [0.05, 0.1) is 23.5 Å². The second-order valence-corrected chi connectivity index (χ2v) is 3.23. The minimum absolute atomic E-state index is 0.160. The van der Waals surface area contributed by atoms with E-state index in [1.807, 2.05) is 0 Å². The summed E-state index contributed by atoms with van der Waals surface area (Å²) in [6.07, 6.45) is 4.76. The summed E-state index contributed by atoms with van der Waals surface area (Å²) in [6, 6.07) is 1.62. The van der Waals surface area contributed by atoms with Gasteiger partial charge in [0.1, 0.15) is 0 Å². The Hall–Kier alpha value is -1.39. The van der Waals surface area contributed by atoms with Crippen molar-refractivity contribution in [3.8, 4) is 0 Å². The number of aromatic nitrogens is 1. The van der Waals surface area contributed by atoms with Gasteiger partial charge in [0.15, 0.2) is 0 Å². The van der Waals surface area contributed by atoms with E-state index in [2.05, 4.69) is 22.2 Å². The van der Waals surface area contributed by atoms with Crippen molar-refractivity contribution >= 4 is 23.2 Å². The third kappa shape index (κ3) is 4.10. The molecule has 4 nitrogen and oxygen atoms in total. The predicted molar refractivity (Wildman–Crippen MR) is 60.9 cm³/mol. The number of amides is 1. The Morgan fingerprint density at radius 3 is 3.13 bits per heavy atom. The molecule has 0 unspecified atom stereocenters. The maximum atomic E-state index is 11.3. The summed E-state index contributed by atoms with van der Waals surface area (Å²) in [5.74, 6) is -0.160. The minimum atomic E-state index is -0.160. The summed E-state index contributed by atoms with van der Waals surface area (Å²) in [6.45, 7) is 4.34. The largest absolute Gasteiger partial charge is 0.322 e. The highest BCUT2D eigenvalue weighted by molar-refractivity contribution is 6.33. The maximum Gasteiger partial charge on any atom is 0.238 e. The molecule has 0 aliphatic rings. The van der Waals surface area contributed by atoms with Gasteiger partial charge in [-0.15, -0.1) is 6.58 Å². The van der Waals surface area contributed by atoms with Crippen LogP contribution < -0.4 is 10.6 Å². The van der Waals surface area contributed by atoms with E-state index >= 15 is 0 Å². The van der Waals surface area contributed by atoms with Crippen molar-refractivity contribution in [3.05, 3.63) is 36.1 Å². The van der Waals surface area contributed by atoms with Crippen LogP contribution in [0.2, 0.25) is 5.02 Å². The highest BCUT2D eigenvalue weighted by Crippen LogP contribution is 2.18. The second kappa shape index (κ2) is 6.16. The molecule has 1 aromatic rings. The fourth-order valence-electron chi connectivity index (χ4n) is 0.952. The average Bonchev–Trinajstić information content (AvgIpc) is 2.22. The van der Waals surface area contributed by atoms with E-state index in [9.17, 15) is 4.79 Å². The molecule has 1 heterocycles. The number of rotatable bonds is 5. The van der Waals surface area contributed by atoms with E-state index in [0.717, 1.165) is 0 Å². The Labute approximate surface area is 93.4 Å². The van der Waals surface area contributed by atoms with Crippen molar-refractivity contribution in [2.75, 3.05) is 18.4 Å². The lowest BCUT2D eigenvalue weighted by atomic mass is 10.4. The van der Waals surface area contributed by atoms with Gasteiger partial charge >= 0.3 is 0 Å². The van der Waals surface area contributed by atoms with Crippen LogP contribution in [0, 0.1) is 0 Å². The quantitative estimate of drug-likeness (QED) is 0.589. The van der Waals surface area contributed by atoms with Gasteiger partial charge in [-0.25, -0.2) is 0 Å². The fraction of sp³-hybridized carbons (Fsp3) is 0.200. The van der Waals surface area contributed by atoms with Gasteiger partial charge < -0.3 is 10.6 Å². The Bertz CT molecular complexity index is 354. The van der Waals surface area contributed by atoms with E-state index in [-0.39, 0.29) is 12.5 Å². The van der Waals surface area contributed by atoms with E-state index in [1.54, 1.807) is 18.3 Å². The van der Waals surface area contributed by atoms with Gasteiger partial charge in [0.2, 0.25) is 5.91 Å². The van der Waals surface area contributed by atoms with Crippen LogP contribution in [-0.2, 0) is 4.79 Å².